The predicted molar refractivity (Wildman–Crippen MR) is 77.5 cm³/mol. The maximum absolute atomic E-state index is 5.58. The van der Waals surface area contributed by atoms with Gasteiger partial charge >= 0.3 is 0 Å². The lowest BCUT2D eigenvalue weighted by Crippen LogP contribution is -2.13. The van der Waals surface area contributed by atoms with E-state index in [1.165, 1.54) is 5.56 Å². The molecule has 3 heteroatoms. The molecule has 0 spiro atoms. The topological polar surface area (TPSA) is 35.2 Å². The van der Waals surface area contributed by atoms with Gasteiger partial charge in [-0.15, -0.1) is 0 Å². The molecule has 0 amide bonds. The second-order valence-electron chi connectivity index (χ2n) is 4.38. The minimum absolute atomic E-state index is 0.372. The van der Waals surface area contributed by atoms with Crippen molar-refractivity contribution in [3.8, 4) is 11.8 Å². The Kier molecular flexibility index (Phi) is 5.12. The highest BCUT2D eigenvalue weighted by atomic mass is 32.2. The van der Waals surface area contributed by atoms with Gasteiger partial charge in [-0.05, 0) is 25.0 Å². The quantitative estimate of drug-likeness (QED) is 0.849. The van der Waals surface area contributed by atoms with Gasteiger partial charge in [-0.25, -0.2) is 0 Å². The third-order valence-electron chi connectivity index (χ3n) is 3.10. The van der Waals surface area contributed by atoms with Crippen molar-refractivity contribution < 1.29 is 4.74 Å². The van der Waals surface area contributed by atoms with Crippen molar-refractivity contribution in [3.63, 3.8) is 0 Å². The Hall–Kier alpha value is -0.950. The van der Waals surface area contributed by atoms with E-state index in [1.54, 1.807) is 0 Å². The third kappa shape index (κ3) is 3.52. The molecule has 0 aromatic heterocycles. The van der Waals surface area contributed by atoms with Gasteiger partial charge in [-0.2, -0.15) is 11.8 Å². The van der Waals surface area contributed by atoms with Crippen molar-refractivity contribution in [2.24, 2.45) is 5.73 Å². The molecule has 2 unspecified atom stereocenters. The lowest BCUT2D eigenvalue weighted by atomic mass is 10.1. The van der Waals surface area contributed by atoms with Crippen molar-refractivity contribution in [2.75, 3.05) is 13.2 Å². The first-order valence-electron chi connectivity index (χ1n) is 6.31. The first-order valence-corrected chi connectivity index (χ1v) is 7.36. The molecule has 1 aliphatic heterocycles. The van der Waals surface area contributed by atoms with Gasteiger partial charge in [-0.3, -0.25) is 0 Å². The normalized spacial score (nSPS) is 22.6. The number of benzene rings is 1. The van der Waals surface area contributed by atoms with Gasteiger partial charge in [0.15, 0.2) is 0 Å². The summed E-state index contributed by atoms with van der Waals surface area (Å²) in [6.45, 7) is 3.47. The summed E-state index contributed by atoms with van der Waals surface area (Å²) < 4.78 is 5.58. The summed E-state index contributed by atoms with van der Waals surface area (Å²) in [6.07, 6.45) is 1.53. The van der Waals surface area contributed by atoms with Crippen molar-refractivity contribution in [2.45, 2.75) is 30.5 Å². The molecule has 2 rings (SSSR count). The number of nitrogens with two attached hydrogens (primary N) is 1. The molecule has 2 nitrogen and oxygen atoms in total. The number of rotatable bonds is 3. The van der Waals surface area contributed by atoms with Gasteiger partial charge in [-0.1, -0.05) is 30.0 Å². The van der Waals surface area contributed by atoms with E-state index in [0.29, 0.717) is 17.9 Å². The van der Waals surface area contributed by atoms with Crippen LogP contribution < -0.4 is 5.73 Å². The molecule has 1 heterocycles. The van der Waals surface area contributed by atoms with Crippen molar-refractivity contribution in [1.29, 1.82) is 0 Å². The fourth-order valence-corrected chi connectivity index (χ4v) is 3.30. The summed E-state index contributed by atoms with van der Waals surface area (Å²) >= 11 is 1.97. The Bertz CT molecular complexity index is 449. The van der Waals surface area contributed by atoms with Crippen LogP contribution in [0.1, 0.15) is 24.5 Å². The van der Waals surface area contributed by atoms with Crippen LogP contribution in [0.3, 0.4) is 0 Å². The van der Waals surface area contributed by atoms with Gasteiger partial charge in [0.1, 0.15) is 0 Å². The highest BCUT2D eigenvalue weighted by Crippen LogP contribution is 2.29. The van der Waals surface area contributed by atoms with Gasteiger partial charge in [0.2, 0.25) is 0 Å². The number of hydrogen-bond acceptors (Lipinski definition) is 3. The largest absolute Gasteiger partial charge is 0.377 e. The van der Waals surface area contributed by atoms with Crippen LogP contribution in [0.5, 0.6) is 0 Å². The standard InChI is InChI=1S/C15H19NOS/c1-12-15(8-10-17-12)18-11-14-6-3-2-5-13(14)7-4-9-16/h2-3,5-6,12,15H,8-11,16H2,1H3. The minimum atomic E-state index is 0.372. The van der Waals surface area contributed by atoms with E-state index in [1.807, 2.05) is 17.8 Å². The molecular weight excluding hydrogens is 242 g/mol. The summed E-state index contributed by atoms with van der Waals surface area (Å²) in [5, 5.41) is 0.612. The Morgan fingerprint density at radius 2 is 2.28 bits per heavy atom. The third-order valence-corrected chi connectivity index (χ3v) is 4.63. The van der Waals surface area contributed by atoms with E-state index in [2.05, 4.69) is 37.0 Å². The predicted octanol–water partition coefficient (Wildman–Crippen LogP) is 2.41. The molecule has 1 saturated heterocycles. The first kappa shape index (κ1) is 13.5. The van der Waals surface area contributed by atoms with E-state index in [4.69, 9.17) is 10.5 Å². The van der Waals surface area contributed by atoms with Crippen LogP contribution in [-0.2, 0) is 10.5 Å². The molecule has 1 aromatic carbocycles. The lowest BCUT2D eigenvalue weighted by molar-refractivity contribution is 0.127. The highest BCUT2D eigenvalue weighted by molar-refractivity contribution is 7.99. The number of thioether (sulfide) groups is 1. The van der Waals surface area contributed by atoms with E-state index in [9.17, 15) is 0 Å². The average molecular weight is 261 g/mol. The molecule has 2 N–H and O–H groups in total. The average Bonchev–Trinajstić information content (AvgIpc) is 2.80. The van der Waals surface area contributed by atoms with E-state index in [-0.39, 0.29) is 0 Å². The molecule has 2 atom stereocenters. The van der Waals surface area contributed by atoms with Crippen LogP contribution >= 0.6 is 11.8 Å². The summed E-state index contributed by atoms with van der Waals surface area (Å²) in [6, 6.07) is 8.30. The zero-order chi connectivity index (χ0) is 12.8. The van der Waals surface area contributed by atoms with Gasteiger partial charge in [0.05, 0.1) is 12.6 Å². The van der Waals surface area contributed by atoms with Gasteiger partial charge in [0, 0.05) is 23.2 Å². The Morgan fingerprint density at radius 3 is 3.00 bits per heavy atom. The first-order chi connectivity index (χ1) is 8.81. The molecule has 0 aliphatic carbocycles. The second kappa shape index (κ2) is 6.84. The van der Waals surface area contributed by atoms with E-state index < -0.39 is 0 Å². The molecule has 0 bridgehead atoms. The Balaban J connectivity index is 2.00. The summed E-state index contributed by atoms with van der Waals surface area (Å²) in [4.78, 5) is 0. The van der Waals surface area contributed by atoms with Crippen LogP contribution in [0.25, 0.3) is 0 Å². The lowest BCUT2D eigenvalue weighted by Gasteiger charge is -2.14. The van der Waals surface area contributed by atoms with Crippen LogP contribution in [0, 0.1) is 11.8 Å². The Morgan fingerprint density at radius 1 is 1.44 bits per heavy atom. The van der Waals surface area contributed by atoms with Crippen LogP contribution in [0.15, 0.2) is 24.3 Å². The van der Waals surface area contributed by atoms with Crippen LogP contribution in [0.4, 0.5) is 0 Å². The molecule has 96 valence electrons. The zero-order valence-corrected chi connectivity index (χ0v) is 11.5. The maximum Gasteiger partial charge on any atom is 0.0666 e. The smallest absolute Gasteiger partial charge is 0.0666 e. The molecule has 18 heavy (non-hydrogen) atoms. The van der Waals surface area contributed by atoms with Crippen LogP contribution in [-0.4, -0.2) is 24.5 Å². The molecule has 1 fully saturated rings. The van der Waals surface area contributed by atoms with Gasteiger partial charge in [0.25, 0.3) is 0 Å². The minimum Gasteiger partial charge on any atom is -0.377 e. The molecule has 0 saturated carbocycles. The summed E-state index contributed by atoms with van der Waals surface area (Å²) in [5.74, 6) is 7.06. The fraction of sp³-hybridized carbons (Fsp3) is 0.467. The maximum atomic E-state index is 5.58. The summed E-state index contributed by atoms with van der Waals surface area (Å²) in [7, 11) is 0. The van der Waals surface area contributed by atoms with Crippen molar-refractivity contribution >= 4 is 11.8 Å². The molecular formula is C15H19NOS. The number of hydrogen-bond donors (Lipinski definition) is 1. The fourth-order valence-electron chi connectivity index (χ4n) is 2.04. The zero-order valence-electron chi connectivity index (χ0n) is 10.7. The van der Waals surface area contributed by atoms with E-state index >= 15 is 0 Å². The van der Waals surface area contributed by atoms with E-state index in [0.717, 1.165) is 24.3 Å². The van der Waals surface area contributed by atoms with Crippen LogP contribution in [0.2, 0.25) is 0 Å². The second-order valence-corrected chi connectivity index (χ2v) is 5.60. The SMILES string of the molecule is CC1OCCC1SCc1ccccc1C#CCN. The highest BCUT2D eigenvalue weighted by Gasteiger charge is 2.24. The monoisotopic (exact) mass is 261 g/mol. The van der Waals surface area contributed by atoms with Gasteiger partial charge < -0.3 is 10.5 Å². The summed E-state index contributed by atoms with van der Waals surface area (Å²) in [5.41, 5.74) is 7.82. The van der Waals surface area contributed by atoms with Crippen molar-refractivity contribution in [1.82, 2.24) is 0 Å². The van der Waals surface area contributed by atoms with Crippen molar-refractivity contribution in [3.05, 3.63) is 35.4 Å². The molecule has 1 aliphatic rings. The Labute approximate surface area is 113 Å². The molecule has 0 radical (unpaired) electrons. The number of ether oxygens (including phenoxy) is 1. The molecule has 1 aromatic rings.